The predicted octanol–water partition coefficient (Wildman–Crippen LogP) is 1.87. The highest BCUT2D eigenvalue weighted by molar-refractivity contribution is 6.21. The number of aliphatic hydroxyl groups excluding tert-OH is 2. The quantitative estimate of drug-likeness (QED) is 0.744. The normalized spacial score (nSPS) is 13.0. The zero-order valence-electron chi connectivity index (χ0n) is 11.1. The molecule has 0 aromatic heterocycles. The number of rotatable bonds is 7. The first-order valence-electron chi connectivity index (χ1n) is 6.23. The fraction of sp³-hybridized carbons (Fsp3) is 0.571. The Balaban J connectivity index is 2.70. The average Bonchev–Trinajstić information content (AvgIpc) is 2.29. The Morgan fingerprint density at radius 2 is 1.78 bits per heavy atom. The van der Waals surface area contributed by atoms with E-state index in [1.807, 2.05) is 4.90 Å². The lowest BCUT2D eigenvalue weighted by Crippen LogP contribution is -2.32. The van der Waals surface area contributed by atoms with E-state index in [0.717, 1.165) is 5.56 Å². The highest BCUT2D eigenvalue weighted by Crippen LogP contribution is 2.25. The van der Waals surface area contributed by atoms with Crippen molar-refractivity contribution in [3.8, 4) is 0 Å². The van der Waals surface area contributed by atoms with Gasteiger partial charge in [-0.05, 0) is 25.0 Å². The van der Waals surface area contributed by atoms with E-state index < -0.39 is 0 Å². The summed E-state index contributed by atoms with van der Waals surface area (Å²) in [6, 6.07) is 6.23. The van der Waals surface area contributed by atoms with Crippen molar-refractivity contribution in [1.29, 1.82) is 0 Å². The van der Waals surface area contributed by atoms with Crippen molar-refractivity contribution in [3.63, 3.8) is 0 Å². The molecular formula is C14H22ClNO2. The molecular weight excluding hydrogens is 250 g/mol. The van der Waals surface area contributed by atoms with Gasteiger partial charge in [0.15, 0.2) is 0 Å². The molecule has 0 amide bonds. The number of hydrogen-bond acceptors (Lipinski definition) is 3. The summed E-state index contributed by atoms with van der Waals surface area (Å²) in [4.78, 5) is 1.97. The van der Waals surface area contributed by atoms with Crippen molar-refractivity contribution in [1.82, 2.24) is 4.90 Å². The third kappa shape index (κ3) is 4.58. The highest BCUT2D eigenvalue weighted by atomic mass is 35.5. The van der Waals surface area contributed by atoms with Gasteiger partial charge in [0.05, 0.1) is 18.6 Å². The topological polar surface area (TPSA) is 43.7 Å². The molecule has 0 saturated heterocycles. The SMILES string of the molecule is Cc1ccc(C(Cl)CN(CCO)CCO)c(C)c1. The van der Waals surface area contributed by atoms with Gasteiger partial charge in [0, 0.05) is 19.6 Å². The van der Waals surface area contributed by atoms with Crippen LogP contribution in [0.1, 0.15) is 22.1 Å². The largest absolute Gasteiger partial charge is 0.395 e. The summed E-state index contributed by atoms with van der Waals surface area (Å²) in [5.74, 6) is 0. The van der Waals surface area contributed by atoms with E-state index in [2.05, 4.69) is 32.0 Å². The first kappa shape index (κ1) is 15.4. The zero-order chi connectivity index (χ0) is 13.5. The van der Waals surface area contributed by atoms with Crippen LogP contribution in [0.15, 0.2) is 18.2 Å². The molecule has 0 saturated carbocycles. The maximum atomic E-state index is 8.97. The molecule has 0 radical (unpaired) electrons. The van der Waals surface area contributed by atoms with Crippen LogP contribution in [0, 0.1) is 13.8 Å². The fourth-order valence-corrected chi connectivity index (χ4v) is 2.52. The van der Waals surface area contributed by atoms with Gasteiger partial charge in [-0.1, -0.05) is 23.8 Å². The van der Waals surface area contributed by atoms with Crippen LogP contribution in [0.5, 0.6) is 0 Å². The van der Waals surface area contributed by atoms with Crippen LogP contribution in [0.2, 0.25) is 0 Å². The van der Waals surface area contributed by atoms with Crippen LogP contribution in [0.3, 0.4) is 0 Å². The maximum Gasteiger partial charge on any atom is 0.0714 e. The van der Waals surface area contributed by atoms with Gasteiger partial charge in [-0.15, -0.1) is 11.6 Å². The Labute approximate surface area is 114 Å². The van der Waals surface area contributed by atoms with Crippen molar-refractivity contribution in [2.75, 3.05) is 32.8 Å². The Kier molecular flexibility index (Phi) is 6.65. The molecule has 2 N–H and O–H groups in total. The minimum Gasteiger partial charge on any atom is -0.395 e. The van der Waals surface area contributed by atoms with E-state index >= 15 is 0 Å². The van der Waals surface area contributed by atoms with Crippen molar-refractivity contribution in [2.45, 2.75) is 19.2 Å². The molecule has 1 unspecified atom stereocenters. The number of halogens is 1. The maximum absolute atomic E-state index is 8.97. The molecule has 0 heterocycles. The summed E-state index contributed by atoms with van der Waals surface area (Å²) in [5, 5.41) is 17.8. The molecule has 1 aromatic rings. The van der Waals surface area contributed by atoms with Gasteiger partial charge in [-0.3, -0.25) is 4.90 Å². The van der Waals surface area contributed by atoms with Crippen molar-refractivity contribution < 1.29 is 10.2 Å². The summed E-state index contributed by atoms with van der Waals surface area (Å²) in [6.45, 7) is 5.98. The number of benzene rings is 1. The molecule has 0 aliphatic carbocycles. The van der Waals surface area contributed by atoms with Gasteiger partial charge in [0.1, 0.15) is 0 Å². The number of hydrogen-bond donors (Lipinski definition) is 2. The molecule has 4 heteroatoms. The Bertz CT molecular complexity index is 365. The number of alkyl halides is 1. The summed E-state index contributed by atoms with van der Waals surface area (Å²) in [5.41, 5.74) is 3.52. The molecule has 0 fully saturated rings. The zero-order valence-corrected chi connectivity index (χ0v) is 11.8. The second kappa shape index (κ2) is 7.74. The van der Waals surface area contributed by atoms with Crippen LogP contribution in [-0.4, -0.2) is 48.0 Å². The van der Waals surface area contributed by atoms with Crippen LogP contribution >= 0.6 is 11.6 Å². The second-order valence-corrected chi connectivity index (χ2v) is 5.10. The highest BCUT2D eigenvalue weighted by Gasteiger charge is 2.15. The Hall–Kier alpha value is -0.610. The van der Waals surface area contributed by atoms with E-state index in [9.17, 15) is 0 Å². The summed E-state index contributed by atoms with van der Waals surface area (Å²) >= 11 is 6.43. The molecule has 0 bridgehead atoms. The molecule has 18 heavy (non-hydrogen) atoms. The smallest absolute Gasteiger partial charge is 0.0714 e. The van der Waals surface area contributed by atoms with Gasteiger partial charge in [0.25, 0.3) is 0 Å². The summed E-state index contributed by atoms with van der Waals surface area (Å²) in [7, 11) is 0. The van der Waals surface area contributed by atoms with Crippen LogP contribution in [0.25, 0.3) is 0 Å². The Morgan fingerprint density at radius 1 is 1.17 bits per heavy atom. The Morgan fingerprint density at radius 3 is 2.28 bits per heavy atom. The van der Waals surface area contributed by atoms with E-state index in [1.54, 1.807) is 0 Å². The lowest BCUT2D eigenvalue weighted by atomic mass is 10.0. The van der Waals surface area contributed by atoms with E-state index in [0.29, 0.717) is 19.6 Å². The third-order valence-electron chi connectivity index (χ3n) is 3.01. The van der Waals surface area contributed by atoms with Gasteiger partial charge in [-0.25, -0.2) is 0 Å². The summed E-state index contributed by atoms with van der Waals surface area (Å²) < 4.78 is 0. The molecule has 1 atom stereocenters. The van der Waals surface area contributed by atoms with E-state index in [1.165, 1.54) is 11.1 Å². The van der Waals surface area contributed by atoms with E-state index in [4.69, 9.17) is 21.8 Å². The standard InChI is InChI=1S/C14H22ClNO2/c1-11-3-4-13(12(2)9-11)14(15)10-16(5-7-17)6-8-18/h3-4,9,14,17-18H,5-8,10H2,1-2H3. The van der Waals surface area contributed by atoms with Crippen LogP contribution < -0.4 is 0 Å². The number of aliphatic hydroxyl groups is 2. The molecule has 1 aromatic carbocycles. The average molecular weight is 272 g/mol. The second-order valence-electron chi connectivity index (χ2n) is 4.58. The molecule has 102 valence electrons. The molecule has 1 rings (SSSR count). The predicted molar refractivity (Wildman–Crippen MR) is 75.1 cm³/mol. The van der Waals surface area contributed by atoms with Crippen LogP contribution in [0.4, 0.5) is 0 Å². The molecule has 3 nitrogen and oxygen atoms in total. The third-order valence-corrected chi connectivity index (χ3v) is 3.39. The van der Waals surface area contributed by atoms with Crippen molar-refractivity contribution >= 4 is 11.6 Å². The van der Waals surface area contributed by atoms with Gasteiger partial charge in [0.2, 0.25) is 0 Å². The van der Waals surface area contributed by atoms with Crippen molar-refractivity contribution in [3.05, 3.63) is 34.9 Å². The van der Waals surface area contributed by atoms with Gasteiger partial charge >= 0.3 is 0 Å². The van der Waals surface area contributed by atoms with E-state index in [-0.39, 0.29) is 18.6 Å². The number of nitrogens with zero attached hydrogens (tertiary/aromatic N) is 1. The lowest BCUT2D eigenvalue weighted by Gasteiger charge is -2.24. The number of aryl methyl sites for hydroxylation is 2. The fourth-order valence-electron chi connectivity index (χ4n) is 2.08. The molecule has 0 spiro atoms. The molecule has 0 aliphatic heterocycles. The van der Waals surface area contributed by atoms with Gasteiger partial charge in [-0.2, -0.15) is 0 Å². The summed E-state index contributed by atoms with van der Waals surface area (Å²) in [6.07, 6.45) is 0. The molecule has 0 aliphatic rings. The first-order chi connectivity index (χ1) is 8.58. The minimum absolute atomic E-state index is 0.0799. The van der Waals surface area contributed by atoms with Crippen molar-refractivity contribution in [2.24, 2.45) is 0 Å². The lowest BCUT2D eigenvalue weighted by molar-refractivity contribution is 0.161. The minimum atomic E-state index is -0.122. The monoisotopic (exact) mass is 271 g/mol. The first-order valence-corrected chi connectivity index (χ1v) is 6.67. The van der Waals surface area contributed by atoms with Gasteiger partial charge < -0.3 is 10.2 Å². The van der Waals surface area contributed by atoms with Crippen LogP contribution in [-0.2, 0) is 0 Å².